The quantitative estimate of drug-likeness (QED) is 0.867. The number of hydrogen-bond acceptors (Lipinski definition) is 2. The maximum absolute atomic E-state index is 11.9. The van der Waals surface area contributed by atoms with Crippen LogP contribution in [0.1, 0.15) is 35.2 Å². The maximum atomic E-state index is 11.9. The first-order valence-corrected chi connectivity index (χ1v) is 6.21. The van der Waals surface area contributed by atoms with Crippen molar-refractivity contribution in [1.82, 2.24) is 5.32 Å². The van der Waals surface area contributed by atoms with Gasteiger partial charge in [-0.2, -0.15) is 0 Å². The highest BCUT2D eigenvalue weighted by atomic mass is 35.5. The smallest absolute Gasteiger partial charge is 0.251 e. The third-order valence-corrected chi connectivity index (χ3v) is 3.79. The van der Waals surface area contributed by atoms with Crippen LogP contribution in [0.15, 0.2) is 18.2 Å². The molecule has 0 aromatic heterocycles. The second-order valence-corrected chi connectivity index (χ2v) is 5.27. The molecule has 0 unspecified atom stereocenters. The molecule has 3 N–H and O–H groups in total. The molecule has 3 nitrogen and oxygen atoms in total. The van der Waals surface area contributed by atoms with Gasteiger partial charge >= 0.3 is 0 Å². The number of carbonyl (C=O) groups excluding carboxylic acids is 1. The van der Waals surface area contributed by atoms with Crippen molar-refractivity contribution < 1.29 is 4.79 Å². The fourth-order valence-electron chi connectivity index (χ4n) is 1.95. The monoisotopic (exact) mass is 252 g/mol. The fraction of sp³-hybridized carbons (Fsp3) is 0.462. The van der Waals surface area contributed by atoms with Crippen LogP contribution in [0.4, 0.5) is 0 Å². The molecular weight excluding hydrogens is 236 g/mol. The van der Waals surface area contributed by atoms with E-state index in [2.05, 4.69) is 5.32 Å². The Morgan fingerprint density at radius 3 is 2.76 bits per heavy atom. The number of halogens is 1. The predicted molar refractivity (Wildman–Crippen MR) is 69.3 cm³/mol. The van der Waals surface area contributed by atoms with Crippen LogP contribution in [-0.4, -0.2) is 18.0 Å². The van der Waals surface area contributed by atoms with Gasteiger partial charge in [-0.05, 0) is 49.9 Å². The average molecular weight is 253 g/mol. The molecule has 0 atom stereocenters. The van der Waals surface area contributed by atoms with Gasteiger partial charge in [-0.1, -0.05) is 11.6 Å². The van der Waals surface area contributed by atoms with Crippen molar-refractivity contribution in [2.75, 3.05) is 6.54 Å². The number of benzene rings is 1. The van der Waals surface area contributed by atoms with Crippen LogP contribution in [0, 0.1) is 6.92 Å². The van der Waals surface area contributed by atoms with Crippen LogP contribution in [0.3, 0.4) is 0 Å². The van der Waals surface area contributed by atoms with E-state index in [1.54, 1.807) is 18.2 Å². The van der Waals surface area contributed by atoms with Crippen molar-refractivity contribution in [3.63, 3.8) is 0 Å². The normalized spacial score (nSPS) is 17.4. The standard InChI is InChI=1S/C13H17ClN2O/c1-9-7-10(3-4-11(9)14)12(17)16-8-13(15)5-2-6-13/h3-4,7H,2,5-6,8,15H2,1H3,(H,16,17). The predicted octanol–water partition coefficient (Wildman–Crippen LogP) is 2.26. The summed E-state index contributed by atoms with van der Waals surface area (Å²) in [7, 11) is 0. The van der Waals surface area contributed by atoms with Crippen LogP contribution in [-0.2, 0) is 0 Å². The molecule has 17 heavy (non-hydrogen) atoms. The molecule has 0 spiro atoms. The third-order valence-electron chi connectivity index (χ3n) is 3.37. The van der Waals surface area contributed by atoms with Crippen LogP contribution in [0.2, 0.25) is 5.02 Å². The number of nitrogens with two attached hydrogens (primary N) is 1. The Kier molecular flexibility index (Phi) is 3.40. The lowest BCUT2D eigenvalue weighted by atomic mass is 9.78. The summed E-state index contributed by atoms with van der Waals surface area (Å²) in [5.74, 6) is -0.0820. The van der Waals surface area contributed by atoms with Crippen LogP contribution in [0.25, 0.3) is 0 Å². The summed E-state index contributed by atoms with van der Waals surface area (Å²) in [6.07, 6.45) is 3.15. The lowest BCUT2D eigenvalue weighted by Crippen LogP contribution is -2.54. The number of nitrogens with one attached hydrogen (secondary N) is 1. The highest BCUT2D eigenvalue weighted by Gasteiger charge is 2.32. The van der Waals surface area contributed by atoms with Gasteiger partial charge in [0.25, 0.3) is 5.91 Å². The van der Waals surface area contributed by atoms with E-state index in [1.165, 1.54) is 0 Å². The molecule has 0 radical (unpaired) electrons. The highest BCUT2D eigenvalue weighted by molar-refractivity contribution is 6.31. The van der Waals surface area contributed by atoms with E-state index in [0.717, 1.165) is 24.8 Å². The number of rotatable bonds is 3. The van der Waals surface area contributed by atoms with Gasteiger partial charge < -0.3 is 11.1 Å². The van der Waals surface area contributed by atoms with E-state index in [-0.39, 0.29) is 11.4 Å². The van der Waals surface area contributed by atoms with E-state index in [1.807, 2.05) is 6.92 Å². The zero-order valence-corrected chi connectivity index (χ0v) is 10.7. The molecule has 1 aromatic carbocycles. The minimum atomic E-state index is -0.183. The summed E-state index contributed by atoms with van der Waals surface area (Å²) in [6, 6.07) is 5.27. The molecule has 0 heterocycles. The molecule has 1 fully saturated rings. The Bertz CT molecular complexity index is 441. The third kappa shape index (κ3) is 2.79. The number of aryl methyl sites for hydroxylation is 1. The zero-order chi connectivity index (χ0) is 12.5. The van der Waals surface area contributed by atoms with Crippen LogP contribution < -0.4 is 11.1 Å². The molecule has 1 saturated carbocycles. The van der Waals surface area contributed by atoms with Crippen molar-refractivity contribution >= 4 is 17.5 Å². The Labute approximate surface area is 106 Å². The molecule has 0 bridgehead atoms. The molecule has 1 aliphatic rings. The van der Waals surface area contributed by atoms with Crippen molar-refractivity contribution in [3.05, 3.63) is 34.3 Å². The Hall–Kier alpha value is -1.06. The van der Waals surface area contributed by atoms with Crippen molar-refractivity contribution in [2.24, 2.45) is 5.73 Å². The zero-order valence-electron chi connectivity index (χ0n) is 9.92. The Morgan fingerprint density at radius 1 is 1.53 bits per heavy atom. The Balaban J connectivity index is 1.97. The maximum Gasteiger partial charge on any atom is 0.251 e. The average Bonchev–Trinajstić information content (AvgIpc) is 2.27. The SMILES string of the molecule is Cc1cc(C(=O)NCC2(N)CCC2)ccc1Cl. The molecule has 1 aromatic rings. The largest absolute Gasteiger partial charge is 0.350 e. The molecule has 4 heteroatoms. The summed E-state index contributed by atoms with van der Waals surface area (Å²) in [4.78, 5) is 11.9. The van der Waals surface area contributed by atoms with Gasteiger partial charge in [-0.3, -0.25) is 4.79 Å². The van der Waals surface area contributed by atoms with Gasteiger partial charge in [0.2, 0.25) is 0 Å². The number of carbonyl (C=O) groups is 1. The van der Waals surface area contributed by atoms with Gasteiger partial charge in [-0.25, -0.2) is 0 Å². The van der Waals surface area contributed by atoms with Gasteiger partial charge in [0.1, 0.15) is 0 Å². The number of amides is 1. The van der Waals surface area contributed by atoms with Crippen molar-refractivity contribution in [2.45, 2.75) is 31.7 Å². The summed E-state index contributed by atoms with van der Waals surface area (Å²) in [6.45, 7) is 2.43. The summed E-state index contributed by atoms with van der Waals surface area (Å²) < 4.78 is 0. The topological polar surface area (TPSA) is 55.1 Å². The first kappa shape index (κ1) is 12.4. The Morgan fingerprint density at radius 2 is 2.24 bits per heavy atom. The molecule has 1 aliphatic carbocycles. The molecule has 92 valence electrons. The minimum absolute atomic E-state index is 0.0820. The number of hydrogen-bond donors (Lipinski definition) is 2. The lowest BCUT2D eigenvalue weighted by Gasteiger charge is -2.38. The molecular formula is C13H17ClN2O. The minimum Gasteiger partial charge on any atom is -0.350 e. The van der Waals surface area contributed by atoms with Crippen molar-refractivity contribution in [3.8, 4) is 0 Å². The summed E-state index contributed by atoms with van der Waals surface area (Å²) in [5.41, 5.74) is 7.41. The highest BCUT2D eigenvalue weighted by Crippen LogP contribution is 2.28. The van der Waals surface area contributed by atoms with Crippen LogP contribution in [0.5, 0.6) is 0 Å². The second kappa shape index (κ2) is 4.67. The van der Waals surface area contributed by atoms with Gasteiger partial charge in [0, 0.05) is 22.7 Å². The molecule has 1 amide bonds. The van der Waals surface area contributed by atoms with E-state index in [4.69, 9.17) is 17.3 Å². The van der Waals surface area contributed by atoms with Crippen molar-refractivity contribution in [1.29, 1.82) is 0 Å². The van der Waals surface area contributed by atoms with Gasteiger partial charge in [0.05, 0.1) is 0 Å². The summed E-state index contributed by atoms with van der Waals surface area (Å²) >= 11 is 5.91. The van der Waals surface area contributed by atoms with Gasteiger partial charge in [0.15, 0.2) is 0 Å². The first-order valence-electron chi connectivity index (χ1n) is 5.83. The van der Waals surface area contributed by atoms with E-state index in [9.17, 15) is 4.79 Å². The molecule has 2 rings (SSSR count). The lowest BCUT2D eigenvalue weighted by molar-refractivity contribution is 0.0929. The first-order chi connectivity index (χ1) is 8.00. The molecule has 0 saturated heterocycles. The fourth-order valence-corrected chi connectivity index (χ4v) is 2.07. The second-order valence-electron chi connectivity index (χ2n) is 4.86. The van der Waals surface area contributed by atoms with E-state index < -0.39 is 0 Å². The molecule has 0 aliphatic heterocycles. The summed E-state index contributed by atoms with van der Waals surface area (Å²) in [5, 5.41) is 3.56. The van der Waals surface area contributed by atoms with E-state index >= 15 is 0 Å². The van der Waals surface area contributed by atoms with Gasteiger partial charge in [-0.15, -0.1) is 0 Å². The van der Waals surface area contributed by atoms with E-state index in [0.29, 0.717) is 17.1 Å². The van der Waals surface area contributed by atoms with Crippen LogP contribution >= 0.6 is 11.6 Å².